The summed E-state index contributed by atoms with van der Waals surface area (Å²) in [5.74, 6) is 0.763. The SMILES string of the molecule is CCC(C(=O)Nc1ccc2c(c1)OCCO2)N(c1cc(C)cc(C)c1)S(C)(=O)=O. The van der Waals surface area contributed by atoms with Crippen molar-refractivity contribution < 1.29 is 22.7 Å². The van der Waals surface area contributed by atoms with Gasteiger partial charge in [0.25, 0.3) is 0 Å². The molecule has 0 aromatic heterocycles. The molecule has 2 aromatic rings. The summed E-state index contributed by atoms with van der Waals surface area (Å²) < 4.78 is 37.5. The van der Waals surface area contributed by atoms with Crippen LogP contribution < -0.4 is 19.1 Å². The molecule has 1 amide bonds. The lowest BCUT2D eigenvalue weighted by Gasteiger charge is -2.30. The molecule has 8 heteroatoms. The monoisotopic (exact) mass is 418 g/mol. The fourth-order valence-corrected chi connectivity index (χ4v) is 4.68. The first kappa shape index (κ1) is 21.0. The van der Waals surface area contributed by atoms with Crippen LogP contribution >= 0.6 is 0 Å². The number of carbonyl (C=O) groups is 1. The molecule has 0 fully saturated rings. The predicted molar refractivity (Wildman–Crippen MR) is 113 cm³/mol. The van der Waals surface area contributed by atoms with Gasteiger partial charge in [-0.2, -0.15) is 0 Å². The summed E-state index contributed by atoms with van der Waals surface area (Å²) in [6.07, 6.45) is 1.43. The Balaban J connectivity index is 1.91. The van der Waals surface area contributed by atoms with Gasteiger partial charge in [0.1, 0.15) is 19.3 Å². The minimum atomic E-state index is -3.69. The smallest absolute Gasteiger partial charge is 0.248 e. The second-order valence-corrected chi connectivity index (χ2v) is 9.04. The van der Waals surface area contributed by atoms with Crippen LogP contribution in [0.4, 0.5) is 11.4 Å². The summed E-state index contributed by atoms with van der Waals surface area (Å²) in [4.78, 5) is 13.1. The zero-order chi connectivity index (χ0) is 21.2. The molecule has 2 aromatic carbocycles. The first-order valence-electron chi connectivity index (χ1n) is 9.47. The molecule has 1 N–H and O–H groups in total. The number of hydrogen-bond acceptors (Lipinski definition) is 5. The molecule has 3 rings (SSSR count). The molecule has 1 unspecified atom stereocenters. The van der Waals surface area contributed by atoms with Gasteiger partial charge < -0.3 is 14.8 Å². The number of rotatable bonds is 6. The second kappa shape index (κ2) is 8.32. The number of benzene rings is 2. The van der Waals surface area contributed by atoms with Crippen molar-refractivity contribution in [1.82, 2.24) is 0 Å². The standard InChI is InChI=1S/C21H26N2O5S/c1-5-18(23(29(4,25)26)17-11-14(2)10-15(3)12-17)21(24)22-16-6-7-19-20(13-16)28-9-8-27-19/h6-7,10-13,18H,5,8-9H2,1-4H3,(H,22,24). The molecule has 1 aliphatic heterocycles. The van der Waals surface area contributed by atoms with Crippen molar-refractivity contribution >= 4 is 27.3 Å². The molecule has 156 valence electrons. The van der Waals surface area contributed by atoms with E-state index in [0.717, 1.165) is 17.4 Å². The van der Waals surface area contributed by atoms with Crippen LogP contribution in [0.25, 0.3) is 0 Å². The molecule has 0 spiro atoms. The van der Waals surface area contributed by atoms with Gasteiger partial charge in [-0.05, 0) is 55.7 Å². The highest BCUT2D eigenvalue weighted by atomic mass is 32.2. The van der Waals surface area contributed by atoms with Gasteiger partial charge in [0, 0.05) is 11.8 Å². The lowest BCUT2D eigenvalue weighted by atomic mass is 10.1. The normalized spacial score (nSPS) is 14.2. The zero-order valence-corrected chi connectivity index (χ0v) is 17.9. The number of anilines is 2. The van der Waals surface area contributed by atoms with Crippen molar-refractivity contribution in [2.24, 2.45) is 0 Å². The molecule has 0 aliphatic carbocycles. The molecule has 7 nitrogen and oxygen atoms in total. The lowest BCUT2D eigenvalue weighted by molar-refractivity contribution is -0.117. The van der Waals surface area contributed by atoms with Gasteiger partial charge in [0.2, 0.25) is 15.9 Å². The van der Waals surface area contributed by atoms with Crippen molar-refractivity contribution in [1.29, 1.82) is 0 Å². The maximum absolute atomic E-state index is 13.1. The van der Waals surface area contributed by atoms with E-state index in [0.29, 0.717) is 42.5 Å². The Labute approximate surface area is 171 Å². The van der Waals surface area contributed by atoms with Crippen molar-refractivity contribution in [3.8, 4) is 11.5 Å². The maximum Gasteiger partial charge on any atom is 0.248 e. The predicted octanol–water partition coefficient (Wildman–Crippen LogP) is 3.26. The van der Waals surface area contributed by atoms with Crippen LogP contribution in [0.5, 0.6) is 11.5 Å². The van der Waals surface area contributed by atoms with Crippen LogP contribution in [0.2, 0.25) is 0 Å². The van der Waals surface area contributed by atoms with E-state index in [1.165, 1.54) is 4.31 Å². The van der Waals surface area contributed by atoms with Gasteiger partial charge in [0.15, 0.2) is 11.5 Å². The number of aryl methyl sites for hydroxylation is 2. The molecule has 1 heterocycles. The van der Waals surface area contributed by atoms with Gasteiger partial charge in [-0.3, -0.25) is 9.10 Å². The van der Waals surface area contributed by atoms with E-state index in [2.05, 4.69) is 5.32 Å². The Kier molecular flexibility index (Phi) is 6.02. The van der Waals surface area contributed by atoms with E-state index >= 15 is 0 Å². The first-order chi connectivity index (χ1) is 13.7. The molecule has 0 bridgehead atoms. The van der Waals surface area contributed by atoms with E-state index in [-0.39, 0.29) is 0 Å². The Morgan fingerprint density at radius 1 is 1.07 bits per heavy atom. The Bertz CT molecular complexity index is 999. The van der Waals surface area contributed by atoms with Crippen molar-refractivity contribution in [2.45, 2.75) is 33.2 Å². The van der Waals surface area contributed by atoms with E-state index < -0.39 is 22.0 Å². The number of hydrogen-bond donors (Lipinski definition) is 1. The Hall–Kier alpha value is -2.74. The number of amides is 1. The molecular weight excluding hydrogens is 392 g/mol. The van der Waals surface area contributed by atoms with E-state index in [9.17, 15) is 13.2 Å². The third kappa shape index (κ3) is 4.82. The van der Waals surface area contributed by atoms with E-state index in [1.807, 2.05) is 19.9 Å². The van der Waals surface area contributed by atoms with Crippen LogP contribution in [-0.4, -0.2) is 39.8 Å². The second-order valence-electron chi connectivity index (χ2n) is 7.18. The quantitative estimate of drug-likeness (QED) is 0.778. The summed E-state index contributed by atoms with van der Waals surface area (Å²) >= 11 is 0. The summed E-state index contributed by atoms with van der Waals surface area (Å²) in [5, 5.41) is 2.81. The Morgan fingerprint density at radius 2 is 1.69 bits per heavy atom. The highest BCUT2D eigenvalue weighted by Crippen LogP contribution is 2.33. The number of nitrogens with zero attached hydrogens (tertiary/aromatic N) is 1. The number of ether oxygens (including phenoxy) is 2. The van der Waals surface area contributed by atoms with Gasteiger partial charge in [-0.1, -0.05) is 13.0 Å². The van der Waals surface area contributed by atoms with E-state index in [4.69, 9.17) is 9.47 Å². The van der Waals surface area contributed by atoms with Crippen LogP contribution in [0, 0.1) is 13.8 Å². The minimum absolute atomic E-state index is 0.316. The number of carbonyl (C=O) groups excluding carboxylic acids is 1. The van der Waals surface area contributed by atoms with Crippen LogP contribution in [0.1, 0.15) is 24.5 Å². The zero-order valence-electron chi connectivity index (χ0n) is 17.1. The topological polar surface area (TPSA) is 84.9 Å². The van der Waals surface area contributed by atoms with Crippen molar-refractivity contribution in [3.63, 3.8) is 0 Å². The summed E-state index contributed by atoms with van der Waals surface area (Å²) in [5.41, 5.74) is 2.85. The van der Waals surface area contributed by atoms with Crippen LogP contribution in [-0.2, 0) is 14.8 Å². The van der Waals surface area contributed by atoms with Gasteiger partial charge >= 0.3 is 0 Å². The minimum Gasteiger partial charge on any atom is -0.486 e. The third-order valence-corrected chi connectivity index (χ3v) is 5.78. The molecule has 0 radical (unpaired) electrons. The Morgan fingerprint density at radius 3 is 2.28 bits per heavy atom. The molecule has 0 saturated heterocycles. The lowest BCUT2D eigenvalue weighted by Crippen LogP contribution is -2.47. The molecule has 29 heavy (non-hydrogen) atoms. The van der Waals surface area contributed by atoms with E-state index in [1.54, 1.807) is 37.3 Å². The first-order valence-corrected chi connectivity index (χ1v) is 11.3. The third-order valence-electron chi connectivity index (χ3n) is 4.60. The number of sulfonamides is 1. The highest BCUT2D eigenvalue weighted by molar-refractivity contribution is 7.92. The van der Waals surface area contributed by atoms with Gasteiger partial charge in [-0.15, -0.1) is 0 Å². The average Bonchev–Trinajstić information content (AvgIpc) is 2.63. The van der Waals surface area contributed by atoms with Crippen molar-refractivity contribution in [2.75, 3.05) is 29.1 Å². The summed E-state index contributed by atoms with van der Waals surface area (Å²) in [7, 11) is -3.69. The summed E-state index contributed by atoms with van der Waals surface area (Å²) in [6, 6.07) is 9.73. The fourth-order valence-electron chi connectivity index (χ4n) is 3.48. The largest absolute Gasteiger partial charge is 0.486 e. The average molecular weight is 419 g/mol. The molecule has 1 atom stereocenters. The highest BCUT2D eigenvalue weighted by Gasteiger charge is 2.32. The maximum atomic E-state index is 13.1. The van der Waals surface area contributed by atoms with Gasteiger partial charge in [0.05, 0.1) is 11.9 Å². The molecule has 0 saturated carbocycles. The molecule has 1 aliphatic rings. The summed E-state index contributed by atoms with van der Waals surface area (Å²) in [6.45, 7) is 6.50. The van der Waals surface area contributed by atoms with Crippen molar-refractivity contribution in [3.05, 3.63) is 47.5 Å². The number of nitrogens with one attached hydrogen (secondary N) is 1. The number of fused-ring (bicyclic) bond motifs is 1. The van der Waals surface area contributed by atoms with Gasteiger partial charge in [-0.25, -0.2) is 8.42 Å². The van der Waals surface area contributed by atoms with Crippen LogP contribution in [0.15, 0.2) is 36.4 Å². The fraction of sp³-hybridized carbons (Fsp3) is 0.381. The molecular formula is C21H26N2O5S. The van der Waals surface area contributed by atoms with Crippen LogP contribution in [0.3, 0.4) is 0 Å².